The molecule has 0 fully saturated rings. The molecule has 0 radical (unpaired) electrons. The SMILES string of the molecule is CC(C)(O)CO/N=C/c1cccc(Cl)n1. The average Bonchev–Trinajstić information content (AvgIpc) is 2.11. The molecule has 0 saturated heterocycles. The molecular weight excluding hydrogens is 216 g/mol. The van der Waals surface area contributed by atoms with Crippen molar-refractivity contribution in [2.75, 3.05) is 6.61 Å². The van der Waals surface area contributed by atoms with Gasteiger partial charge in [-0.15, -0.1) is 0 Å². The van der Waals surface area contributed by atoms with Gasteiger partial charge in [-0.25, -0.2) is 4.98 Å². The summed E-state index contributed by atoms with van der Waals surface area (Å²) >= 11 is 5.68. The molecule has 15 heavy (non-hydrogen) atoms. The maximum Gasteiger partial charge on any atom is 0.145 e. The zero-order valence-corrected chi connectivity index (χ0v) is 9.40. The van der Waals surface area contributed by atoms with E-state index >= 15 is 0 Å². The van der Waals surface area contributed by atoms with Crippen LogP contribution in [0.15, 0.2) is 23.4 Å². The molecule has 1 aromatic rings. The van der Waals surface area contributed by atoms with Crippen molar-refractivity contribution < 1.29 is 9.94 Å². The fourth-order valence-corrected chi connectivity index (χ4v) is 0.953. The van der Waals surface area contributed by atoms with Crippen LogP contribution in [-0.4, -0.2) is 28.5 Å². The molecule has 0 aliphatic rings. The lowest BCUT2D eigenvalue weighted by molar-refractivity contribution is -0.0185. The van der Waals surface area contributed by atoms with Crippen molar-refractivity contribution in [1.82, 2.24) is 4.98 Å². The first kappa shape index (κ1) is 11.9. The quantitative estimate of drug-likeness (QED) is 0.486. The Kier molecular flexibility index (Phi) is 4.05. The van der Waals surface area contributed by atoms with Gasteiger partial charge in [-0.1, -0.05) is 22.8 Å². The van der Waals surface area contributed by atoms with Crippen LogP contribution in [0.5, 0.6) is 0 Å². The second-order valence-electron chi connectivity index (χ2n) is 3.71. The first-order valence-electron chi connectivity index (χ1n) is 4.48. The van der Waals surface area contributed by atoms with Crippen LogP contribution in [0.3, 0.4) is 0 Å². The molecule has 0 unspecified atom stereocenters. The van der Waals surface area contributed by atoms with E-state index in [2.05, 4.69) is 10.1 Å². The molecule has 0 bridgehead atoms. The third-order valence-corrected chi connectivity index (χ3v) is 1.62. The van der Waals surface area contributed by atoms with Gasteiger partial charge in [-0.3, -0.25) is 0 Å². The molecule has 1 heterocycles. The summed E-state index contributed by atoms with van der Waals surface area (Å²) in [6, 6.07) is 5.20. The van der Waals surface area contributed by atoms with Crippen molar-refractivity contribution in [3.05, 3.63) is 29.0 Å². The van der Waals surface area contributed by atoms with Crippen LogP contribution in [0.2, 0.25) is 5.15 Å². The van der Waals surface area contributed by atoms with Crippen molar-refractivity contribution in [2.45, 2.75) is 19.4 Å². The van der Waals surface area contributed by atoms with Crippen molar-refractivity contribution >= 4 is 17.8 Å². The second kappa shape index (κ2) is 5.09. The van der Waals surface area contributed by atoms with Gasteiger partial charge in [0.2, 0.25) is 0 Å². The molecule has 0 saturated carbocycles. The van der Waals surface area contributed by atoms with Gasteiger partial charge in [0.05, 0.1) is 17.5 Å². The Morgan fingerprint density at radius 2 is 2.33 bits per heavy atom. The number of hydrogen-bond acceptors (Lipinski definition) is 4. The lowest BCUT2D eigenvalue weighted by Gasteiger charge is -2.13. The van der Waals surface area contributed by atoms with E-state index in [1.807, 2.05) is 0 Å². The Hall–Kier alpha value is -1.13. The van der Waals surface area contributed by atoms with E-state index in [-0.39, 0.29) is 6.61 Å². The zero-order chi connectivity index (χ0) is 11.3. The maximum absolute atomic E-state index is 9.32. The first-order valence-corrected chi connectivity index (χ1v) is 4.85. The summed E-state index contributed by atoms with van der Waals surface area (Å²) in [7, 11) is 0. The molecule has 0 amide bonds. The summed E-state index contributed by atoms with van der Waals surface area (Å²) in [5.41, 5.74) is -0.280. The molecule has 1 rings (SSSR count). The minimum Gasteiger partial charge on any atom is -0.393 e. The molecule has 0 atom stereocenters. The van der Waals surface area contributed by atoms with Gasteiger partial charge in [-0.05, 0) is 26.0 Å². The Labute approximate surface area is 93.5 Å². The fourth-order valence-electron chi connectivity index (χ4n) is 0.782. The topological polar surface area (TPSA) is 54.7 Å². The Morgan fingerprint density at radius 3 is 2.93 bits per heavy atom. The van der Waals surface area contributed by atoms with Crippen LogP contribution in [-0.2, 0) is 4.84 Å². The molecule has 5 heteroatoms. The molecule has 0 aliphatic heterocycles. The van der Waals surface area contributed by atoms with Crippen molar-refractivity contribution in [3.63, 3.8) is 0 Å². The zero-order valence-electron chi connectivity index (χ0n) is 8.64. The third kappa shape index (κ3) is 5.34. The van der Waals surface area contributed by atoms with Gasteiger partial charge in [0.1, 0.15) is 11.8 Å². The van der Waals surface area contributed by atoms with Gasteiger partial charge < -0.3 is 9.94 Å². The molecule has 0 aliphatic carbocycles. The average molecular weight is 229 g/mol. The maximum atomic E-state index is 9.32. The number of pyridine rings is 1. The van der Waals surface area contributed by atoms with Crippen LogP contribution in [0.25, 0.3) is 0 Å². The molecule has 1 aromatic heterocycles. The van der Waals surface area contributed by atoms with E-state index in [4.69, 9.17) is 16.4 Å². The normalized spacial score (nSPS) is 12.0. The van der Waals surface area contributed by atoms with Gasteiger partial charge in [-0.2, -0.15) is 0 Å². The van der Waals surface area contributed by atoms with Crippen molar-refractivity contribution in [2.24, 2.45) is 5.16 Å². The van der Waals surface area contributed by atoms with Gasteiger partial charge >= 0.3 is 0 Å². The van der Waals surface area contributed by atoms with Gasteiger partial charge in [0, 0.05) is 0 Å². The summed E-state index contributed by atoms with van der Waals surface area (Å²) in [6.45, 7) is 3.41. The standard InChI is InChI=1S/C10H13ClN2O2/c1-10(2,14)7-15-12-6-8-4-3-5-9(11)13-8/h3-6,14H,7H2,1-2H3/b12-6+. The second-order valence-corrected chi connectivity index (χ2v) is 4.09. The highest BCUT2D eigenvalue weighted by atomic mass is 35.5. The Morgan fingerprint density at radius 1 is 1.60 bits per heavy atom. The Balaban J connectivity index is 2.45. The largest absolute Gasteiger partial charge is 0.393 e. The number of halogens is 1. The molecule has 4 nitrogen and oxygen atoms in total. The third-order valence-electron chi connectivity index (χ3n) is 1.41. The van der Waals surface area contributed by atoms with Crippen LogP contribution in [0.1, 0.15) is 19.5 Å². The summed E-state index contributed by atoms with van der Waals surface area (Å²) in [6.07, 6.45) is 1.44. The molecule has 1 N–H and O–H groups in total. The summed E-state index contributed by atoms with van der Waals surface area (Å²) < 4.78 is 0. The number of oxime groups is 1. The van der Waals surface area contributed by atoms with E-state index in [0.29, 0.717) is 10.8 Å². The number of aliphatic hydroxyl groups is 1. The predicted octanol–water partition coefficient (Wildman–Crippen LogP) is 1.86. The van der Waals surface area contributed by atoms with E-state index in [9.17, 15) is 5.11 Å². The highest BCUT2D eigenvalue weighted by molar-refractivity contribution is 6.29. The number of hydrogen-bond donors (Lipinski definition) is 1. The van der Waals surface area contributed by atoms with Crippen LogP contribution in [0.4, 0.5) is 0 Å². The van der Waals surface area contributed by atoms with Crippen LogP contribution >= 0.6 is 11.6 Å². The van der Waals surface area contributed by atoms with E-state index in [0.717, 1.165) is 0 Å². The van der Waals surface area contributed by atoms with E-state index in [1.165, 1.54) is 6.21 Å². The summed E-state index contributed by atoms with van der Waals surface area (Å²) in [5, 5.41) is 13.4. The van der Waals surface area contributed by atoms with E-state index < -0.39 is 5.60 Å². The molecule has 82 valence electrons. The van der Waals surface area contributed by atoms with Crippen LogP contribution < -0.4 is 0 Å². The van der Waals surface area contributed by atoms with Gasteiger partial charge in [0.15, 0.2) is 0 Å². The minimum absolute atomic E-state index is 0.129. The molecule has 0 spiro atoms. The van der Waals surface area contributed by atoms with Crippen molar-refractivity contribution in [3.8, 4) is 0 Å². The minimum atomic E-state index is -0.890. The highest BCUT2D eigenvalue weighted by Crippen LogP contribution is 2.04. The lowest BCUT2D eigenvalue weighted by Crippen LogP contribution is -2.24. The summed E-state index contributed by atoms with van der Waals surface area (Å²) in [5.74, 6) is 0. The predicted molar refractivity (Wildman–Crippen MR) is 59.1 cm³/mol. The van der Waals surface area contributed by atoms with Crippen molar-refractivity contribution in [1.29, 1.82) is 0 Å². The smallest absolute Gasteiger partial charge is 0.145 e. The summed E-state index contributed by atoms with van der Waals surface area (Å²) in [4.78, 5) is 8.86. The lowest BCUT2D eigenvalue weighted by atomic mass is 10.2. The highest BCUT2D eigenvalue weighted by Gasteiger charge is 2.12. The van der Waals surface area contributed by atoms with Gasteiger partial charge in [0.25, 0.3) is 0 Å². The number of nitrogens with zero attached hydrogens (tertiary/aromatic N) is 2. The molecular formula is C10H13ClN2O2. The monoisotopic (exact) mass is 228 g/mol. The number of rotatable bonds is 4. The molecule has 0 aromatic carbocycles. The Bertz CT molecular complexity index is 348. The first-order chi connectivity index (χ1) is 6.97. The number of aromatic nitrogens is 1. The van der Waals surface area contributed by atoms with E-state index in [1.54, 1.807) is 32.0 Å². The van der Waals surface area contributed by atoms with Crippen LogP contribution in [0, 0.1) is 0 Å². The fraction of sp³-hybridized carbons (Fsp3) is 0.400.